The van der Waals surface area contributed by atoms with Crippen molar-refractivity contribution in [1.29, 1.82) is 0 Å². The first-order chi connectivity index (χ1) is 9.29. The van der Waals surface area contributed by atoms with Crippen molar-refractivity contribution in [1.82, 2.24) is 0 Å². The van der Waals surface area contributed by atoms with Gasteiger partial charge in [-0.3, -0.25) is 4.79 Å². The van der Waals surface area contributed by atoms with E-state index in [4.69, 9.17) is 0 Å². The predicted octanol–water partition coefficient (Wildman–Crippen LogP) is 4.01. The quantitative estimate of drug-likeness (QED) is 0.574. The highest BCUT2D eigenvalue weighted by Crippen LogP contribution is 2.26. The van der Waals surface area contributed by atoms with Crippen LogP contribution < -0.4 is 10.7 Å². The first-order valence-electron chi connectivity index (χ1n) is 6.10. The molecule has 1 N–H and O–H groups in total. The summed E-state index contributed by atoms with van der Waals surface area (Å²) >= 11 is 1.65. The second-order valence-corrected chi connectivity index (χ2v) is 5.39. The van der Waals surface area contributed by atoms with Crippen molar-refractivity contribution in [2.75, 3.05) is 11.9 Å². The summed E-state index contributed by atoms with van der Waals surface area (Å²) in [4.78, 5) is 12.5. The number of nitrogens with one attached hydrogen (secondary N) is 1. The third-order valence-electron chi connectivity index (χ3n) is 3.03. The summed E-state index contributed by atoms with van der Waals surface area (Å²) in [5.74, 6) is 0. The monoisotopic (exact) mass is 267 g/mol. The third kappa shape index (κ3) is 2.13. The van der Waals surface area contributed by atoms with Crippen LogP contribution in [-0.4, -0.2) is 6.54 Å². The van der Waals surface area contributed by atoms with Crippen LogP contribution in [0.15, 0.2) is 59.9 Å². The first-order valence-corrected chi connectivity index (χ1v) is 6.91. The zero-order chi connectivity index (χ0) is 13.2. The Morgan fingerprint density at radius 2 is 1.89 bits per heavy atom. The smallest absolute Gasteiger partial charge is 0.195 e. The van der Waals surface area contributed by atoms with Crippen molar-refractivity contribution >= 4 is 37.2 Å². The van der Waals surface area contributed by atoms with E-state index >= 15 is 0 Å². The number of benzene rings is 2. The number of fused-ring (bicyclic) bond motifs is 2. The van der Waals surface area contributed by atoms with Crippen molar-refractivity contribution in [2.45, 2.75) is 0 Å². The average Bonchev–Trinajstić information content (AvgIpc) is 2.46. The highest BCUT2D eigenvalue weighted by atomic mass is 32.1. The molecule has 0 aliphatic carbocycles. The van der Waals surface area contributed by atoms with E-state index in [0.717, 1.165) is 25.9 Å². The average molecular weight is 267 g/mol. The number of anilines is 1. The molecule has 2 nitrogen and oxygen atoms in total. The van der Waals surface area contributed by atoms with Crippen molar-refractivity contribution in [3.8, 4) is 0 Å². The van der Waals surface area contributed by atoms with Gasteiger partial charge in [0.1, 0.15) is 0 Å². The normalized spacial score (nSPS) is 10.7. The highest BCUT2D eigenvalue weighted by molar-refractivity contribution is 7.24. The van der Waals surface area contributed by atoms with Gasteiger partial charge in [-0.15, -0.1) is 17.9 Å². The van der Waals surface area contributed by atoms with Gasteiger partial charge in [0.2, 0.25) is 0 Å². The molecule has 0 unspecified atom stereocenters. The molecule has 1 aromatic heterocycles. The fourth-order valence-corrected chi connectivity index (χ4v) is 3.16. The van der Waals surface area contributed by atoms with Crippen LogP contribution in [0.5, 0.6) is 0 Å². The lowest BCUT2D eigenvalue weighted by molar-refractivity contribution is 1.35. The van der Waals surface area contributed by atoms with Gasteiger partial charge in [0.15, 0.2) is 5.43 Å². The molecular weight excluding hydrogens is 254 g/mol. The molecule has 0 bridgehead atoms. The molecule has 3 aromatic rings. The molecule has 0 saturated carbocycles. The SMILES string of the molecule is C=CCNc1ccc2sc3ccccc3c(=O)c2c1. The van der Waals surface area contributed by atoms with Gasteiger partial charge in [0, 0.05) is 32.4 Å². The van der Waals surface area contributed by atoms with E-state index in [-0.39, 0.29) is 5.43 Å². The maximum absolute atomic E-state index is 12.5. The Morgan fingerprint density at radius 3 is 2.74 bits per heavy atom. The molecule has 19 heavy (non-hydrogen) atoms. The molecule has 0 amide bonds. The van der Waals surface area contributed by atoms with Crippen LogP contribution in [0, 0.1) is 0 Å². The fraction of sp³-hybridized carbons (Fsp3) is 0.0625. The summed E-state index contributed by atoms with van der Waals surface area (Å²) in [5, 5.41) is 4.78. The van der Waals surface area contributed by atoms with Crippen LogP contribution >= 0.6 is 11.3 Å². The van der Waals surface area contributed by atoms with Crippen molar-refractivity contribution in [2.24, 2.45) is 0 Å². The fourth-order valence-electron chi connectivity index (χ4n) is 2.10. The Balaban J connectivity index is 2.27. The van der Waals surface area contributed by atoms with Crippen LogP contribution in [0.4, 0.5) is 5.69 Å². The molecule has 0 atom stereocenters. The molecule has 0 fully saturated rings. The van der Waals surface area contributed by atoms with Crippen LogP contribution in [0.3, 0.4) is 0 Å². The first kappa shape index (κ1) is 11.9. The third-order valence-corrected chi connectivity index (χ3v) is 4.18. The highest BCUT2D eigenvalue weighted by Gasteiger charge is 2.05. The van der Waals surface area contributed by atoms with Gasteiger partial charge in [-0.2, -0.15) is 0 Å². The molecule has 0 aliphatic rings. The van der Waals surface area contributed by atoms with E-state index in [1.807, 2.05) is 42.5 Å². The molecule has 3 heteroatoms. The molecular formula is C16H13NOS. The van der Waals surface area contributed by atoms with Gasteiger partial charge < -0.3 is 5.32 Å². The van der Waals surface area contributed by atoms with Gasteiger partial charge in [0.05, 0.1) is 0 Å². The Hall–Kier alpha value is -2.13. The maximum atomic E-state index is 12.5. The Kier molecular flexibility index (Phi) is 3.05. The van der Waals surface area contributed by atoms with Crippen LogP contribution in [0.25, 0.3) is 20.2 Å². The maximum Gasteiger partial charge on any atom is 0.195 e. The minimum atomic E-state index is 0.103. The van der Waals surface area contributed by atoms with Crippen molar-refractivity contribution < 1.29 is 0 Å². The molecule has 0 aliphatic heterocycles. The van der Waals surface area contributed by atoms with Gasteiger partial charge >= 0.3 is 0 Å². The Labute approximate surface area is 115 Å². The summed E-state index contributed by atoms with van der Waals surface area (Å²) < 4.78 is 2.06. The molecule has 0 spiro atoms. The van der Waals surface area contributed by atoms with E-state index in [9.17, 15) is 4.79 Å². The summed E-state index contributed by atoms with van der Waals surface area (Å²) in [6.45, 7) is 4.37. The summed E-state index contributed by atoms with van der Waals surface area (Å²) in [5.41, 5.74) is 1.05. The molecule has 0 saturated heterocycles. The zero-order valence-electron chi connectivity index (χ0n) is 10.3. The van der Waals surface area contributed by atoms with Gasteiger partial charge in [0.25, 0.3) is 0 Å². The number of hydrogen-bond donors (Lipinski definition) is 1. The van der Waals surface area contributed by atoms with Gasteiger partial charge in [-0.05, 0) is 30.3 Å². The molecule has 94 valence electrons. The van der Waals surface area contributed by atoms with Gasteiger partial charge in [-0.25, -0.2) is 0 Å². The minimum absolute atomic E-state index is 0.103. The van der Waals surface area contributed by atoms with E-state index < -0.39 is 0 Å². The largest absolute Gasteiger partial charge is 0.382 e. The molecule has 0 radical (unpaired) electrons. The topological polar surface area (TPSA) is 29.1 Å². The molecule has 3 rings (SSSR count). The van der Waals surface area contributed by atoms with Crippen molar-refractivity contribution in [3.05, 3.63) is 65.3 Å². The molecule has 2 aromatic carbocycles. The predicted molar refractivity (Wildman–Crippen MR) is 84.3 cm³/mol. The van der Waals surface area contributed by atoms with E-state index in [1.54, 1.807) is 17.4 Å². The summed E-state index contributed by atoms with van der Waals surface area (Å²) in [6.07, 6.45) is 1.80. The Morgan fingerprint density at radius 1 is 1.11 bits per heavy atom. The summed E-state index contributed by atoms with van der Waals surface area (Å²) in [6, 6.07) is 13.7. The van der Waals surface area contributed by atoms with E-state index in [1.165, 1.54) is 0 Å². The lowest BCUT2D eigenvalue weighted by Gasteiger charge is -2.05. The standard InChI is InChI=1S/C16H13NOS/c1-2-9-17-11-7-8-15-13(10-11)16(18)12-5-3-4-6-14(12)19-15/h2-8,10,17H,1,9H2. The van der Waals surface area contributed by atoms with E-state index in [0.29, 0.717) is 6.54 Å². The van der Waals surface area contributed by atoms with Crippen LogP contribution in [0.1, 0.15) is 0 Å². The number of hydrogen-bond acceptors (Lipinski definition) is 3. The van der Waals surface area contributed by atoms with Crippen molar-refractivity contribution in [3.63, 3.8) is 0 Å². The number of rotatable bonds is 3. The lowest BCUT2D eigenvalue weighted by Crippen LogP contribution is -2.03. The minimum Gasteiger partial charge on any atom is -0.382 e. The molecule has 1 heterocycles. The second kappa shape index (κ2) is 4.86. The van der Waals surface area contributed by atoms with Crippen LogP contribution in [-0.2, 0) is 0 Å². The van der Waals surface area contributed by atoms with E-state index in [2.05, 4.69) is 11.9 Å². The van der Waals surface area contributed by atoms with Crippen LogP contribution in [0.2, 0.25) is 0 Å². The zero-order valence-corrected chi connectivity index (χ0v) is 11.2. The lowest BCUT2D eigenvalue weighted by atomic mass is 10.1. The summed E-state index contributed by atoms with van der Waals surface area (Å²) in [7, 11) is 0. The Bertz CT molecular complexity index is 820. The second-order valence-electron chi connectivity index (χ2n) is 4.31. The van der Waals surface area contributed by atoms with Gasteiger partial charge in [-0.1, -0.05) is 18.2 Å².